The van der Waals surface area contributed by atoms with Gasteiger partial charge in [-0.05, 0) is 0 Å². The third kappa shape index (κ3) is 1.58. The number of rotatable bonds is 2. The summed E-state index contributed by atoms with van der Waals surface area (Å²) in [6, 6.07) is 0. The fourth-order valence-electron chi connectivity index (χ4n) is 1.20. The van der Waals surface area contributed by atoms with E-state index in [9.17, 15) is 0 Å². The minimum atomic E-state index is -0.520. The molecule has 0 aliphatic heterocycles. The van der Waals surface area contributed by atoms with E-state index in [-0.39, 0.29) is 0 Å². The van der Waals surface area contributed by atoms with Crippen LogP contribution < -0.4 is 0 Å². The Bertz CT molecular complexity index is 175. The van der Waals surface area contributed by atoms with Gasteiger partial charge in [-0.2, -0.15) is 0 Å². The Labute approximate surface area is 68.9 Å². The molecule has 1 rings (SSSR count). The Kier molecular flexibility index (Phi) is 2.86. The second-order valence-electron chi connectivity index (χ2n) is 2.58. The summed E-state index contributed by atoms with van der Waals surface area (Å²) < 4.78 is 1.78. The van der Waals surface area contributed by atoms with E-state index in [1.165, 1.54) is 12.8 Å². The SMILES string of the molecule is CCC1=[C]([Ru]([CH3])[CH3])CC=C1. The number of hydrogen-bond acceptors (Lipinski definition) is 0. The van der Waals surface area contributed by atoms with Crippen molar-refractivity contribution in [3.05, 3.63) is 21.9 Å². The molecule has 0 saturated heterocycles. The van der Waals surface area contributed by atoms with Crippen LogP contribution in [-0.4, -0.2) is 0 Å². The molecule has 0 N–H and O–H groups in total. The Morgan fingerprint density at radius 1 is 1.50 bits per heavy atom. The maximum absolute atomic E-state index is 2.42. The van der Waals surface area contributed by atoms with Gasteiger partial charge in [-0.15, -0.1) is 0 Å². The van der Waals surface area contributed by atoms with Crippen LogP contribution in [0.1, 0.15) is 19.8 Å². The summed E-state index contributed by atoms with van der Waals surface area (Å²) in [6.07, 6.45) is 7.11. The Morgan fingerprint density at radius 3 is 2.60 bits per heavy atom. The van der Waals surface area contributed by atoms with Gasteiger partial charge in [-0.3, -0.25) is 0 Å². The summed E-state index contributed by atoms with van der Waals surface area (Å²) in [4.78, 5) is 0. The Balaban J connectivity index is 2.75. The molecule has 0 atom stereocenters. The molecular formula is C9H15Ru. The summed E-state index contributed by atoms with van der Waals surface area (Å²) >= 11 is -0.520. The molecule has 0 unspecified atom stereocenters. The molecule has 0 aromatic rings. The van der Waals surface area contributed by atoms with Gasteiger partial charge in [0.15, 0.2) is 0 Å². The molecule has 0 nitrogen and oxygen atoms in total. The van der Waals surface area contributed by atoms with E-state index in [4.69, 9.17) is 0 Å². The van der Waals surface area contributed by atoms with Crippen LogP contribution in [0, 0.1) is 0 Å². The van der Waals surface area contributed by atoms with Crippen molar-refractivity contribution in [3.8, 4) is 0 Å². The summed E-state index contributed by atoms with van der Waals surface area (Å²) in [7, 11) is 0. The first-order valence-electron chi connectivity index (χ1n) is 3.58. The minimum absolute atomic E-state index is 0.520. The number of allylic oxidation sites excluding steroid dienone is 4. The first-order chi connectivity index (χ1) is 4.75. The van der Waals surface area contributed by atoms with Crippen LogP contribution in [0.5, 0.6) is 0 Å². The van der Waals surface area contributed by atoms with Crippen molar-refractivity contribution in [2.75, 3.05) is 0 Å². The zero-order chi connectivity index (χ0) is 7.56. The summed E-state index contributed by atoms with van der Waals surface area (Å²) in [5, 5.41) is 0. The van der Waals surface area contributed by atoms with Gasteiger partial charge in [0, 0.05) is 0 Å². The molecule has 1 aliphatic rings. The van der Waals surface area contributed by atoms with Crippen molar-refractivity contribution in [1.29, 1.82) is 0 Å². The van der Waals surface area contributed by atoms with Crippen LogP contribution in [0.4, 0.5) is 0 Å². The average Bonchev–Trinajstić information content (AvgIpc) is 2.33. The summed E-state index contributed by atoms with van der Waals surface area (Å²) in [5.41, 5.74) is 6.47. The van der Waals surface area contributed by atoms with Gasteiger partial charge in [-0.1, -0.05) is 0 Å². The average molecular weight is 224 g/mol. The molecule has 0 bridgehead atoms. The first kappa shape index (κ1) is 8.20. The fraction of sp³-hybridized carbons (Fsp3) is 0.556. The second-order valence-corrected chi connectivity index (χ2v) is 7.11. The second kappa shape index (κ2) is 3.48. The van der Waals surface area contributed by atoms with E-state index in [2.05, 4.69) is 30.1 Å². The zero-order valence-electron chi connectivity index (χ0n) is 6.92. The molecule has 0 spiro atoms. The van der Waals surface area contributed by atoms with Crippen LogP contribution in [-0.2, 0) is 16.0 Å². The van der Waals surface area contributed by atoms with E-state index in [1.807, 2.05) is 0 Å². The molecule has 0 aromatic heterocycles. The van der Waals surface area contributed by atoms with Gasteiger partial charge in [0.2, 0.25) is 0 Å². The van der Waals surface area contributed by atoms with E-state index in [0.29, 0.717) is 0 Å². The van der Waals surface area contributed by atoms with Gasteiger partial charge >= 0.3 is 68.6 Å². The number of hydrogen-bond donors (Lipinski definition) is 0. The molecule has 0 heterocycles. The first-order valence-corrected chi connectivity index (χ1v) is 7.92. The zero-order valence-corrected chi connectivity index (χ0v) is 8.66. The molecule has 10 heavy (non-hydrogen) atoms. The van der Waals surface area contributed by atoms with Gasteiger partial charge < -0.3 is 0 Å². The van der Waals surface area contributed by atoms with Gasteiger partial charge in [0.05, 0.1) is 0 Å². The predicted molar refractivity (Wildman–Crippen MR) is 42.8 cm³/mol. The van der Waals surface area contributed by atoms with Crippen LogP contribution in [0.2, 0.25) is 11.0 Å². The molecular weight excluding hydrogens is 209 g/mol. The van der Waals surface area contributed by atoms with Crippen molar-refractivity contribution < 1.29 is 16.0 Å². The van der Waals surface area contributed by atoms with Gasteiger partial charge in [0.25, 0.3) is 0 Å². The van der Waals surface area contributed by atoms with Crippen molar-refractivity contribution in [2.24, 2.45) is 0 Å². The van der Waals surface area contributed by atoms with Gasteiger partial charge in [-0.25, -0.2) is 0 Å². The third-order valence-electron chi connectivity index (χ3n) is 1.76. The van der Waals surface area contributed by atoms with E-state index >= 15 is 0 Å². The molecule has 0 radical (unpaired) electrons. The van der Waals surface area contributed by atoms with E-state index in [1.54, 1.807) is 9.74 Å². The topological polar surface area (TPSA) is 0 Å². The third-order valence-corrected chi connectivity index (χ3v) is 4.77. The standard InChI is InChI=1S/C7H9.2CH3.Ru/c1-2-7-5-3-4-6-7;;;/h3,5H,2,4H2,1H3;2*1H3;. The molecule has 0 saturated carbocycles. The Hall–Kier alpha value is 0.103. The van der Waals surface area contributed by atoms with Crippen molar-refractivity contribution in [1.82, 2.24) is 0 Å². The van der Waals surface area contributed by atoms with Crippen LogP contribution in [0.3, 0.4) is 0 Å². The van der Waals surface area contributed by atoms with E-state index < -0.39 is 16.0 Å². The molecule has 0 fully saturated rings. The van der Waals surface area contributed by atoms with Crippen molar-refractivity contribution in [3.63, 3.8) is 0 Å². The van der Waals surface area contributed by atoms with Crippen LogP contribution >= 0.6 is 0 Å². The van der Waals surface area contributed by atoms with Crippen LogP contribution in [0.25, 0.3) is 0 Å². The monoisotopic (exact) mass is 225 g/mol. The quantitative estimate of drug-likeness (QED) is 0.631. The normalized spacial score (nSPS) is 18.5. The van der Waals surface area contributed by atoms with Crippen LogP contribution in [0.15, 0.2) is 21.9 Å². The maximum atomic E-state index is 2.42. The molecule has 1 heteroatoms. The fourth-order valence-corrected chi connectivity index (χ4v) is 3.68. The van der Waals surface area contributed by atoms with Crippen molar-refractivity contribution >= 4 is 0 Å². The summed E-state index contributed by atoms with van der Waals surface area (Å²) in [6.45, 7) is 2.25. The van der Waals surface area contributed by atoms with E-state index in [0.717, 1.165) is 0 Å². The molecule has 1 aliphatic carbocycles. The predicted octanol–water partition coefficient (Wildman–Crippen LogP) is 3.32. The van der Waals surface area contributed by atoms with Crippen molar-refractivity contribution in [2.45, 2.75) is 30.8 Å². The Morgan fingerprint density at radius 2 is 2.20 bits per heavy atom. The van der Waals surface area contributed by atoms with Gasteiger partial charge in [0.1, 0.15) is 0 Å². The molecule has 0 amide bonds. The molecule has 0 aromatic carbocycles. The summed E-state index contributed by atoms with van der Waals surface area (Å²) in [5.74, 6) is 0. The molecule has 59 valence electrons.